The Morgan fingerprint density at radius 1 is 1.12 bits per heavy atom. The average Bonchev–Trinajstić information content (AvgIpc) is 2.30. The summed E-state index contributed by atoms with van der Waals surface area (Å²) >= 11 is 1.79. The molecular weight excluding hydrogens is 315 g/mol. The fourth-order valence-electron chi connectivity index (χ4n) is 2.16. The second-order valence-electron chi connectivity index (χ2n) is 4.21. The molecule has 0 saturated heterocycles. The van der Waals surface area contributed by atoms with E-state index in [2.05, 4.69) is 0 Å². The van der Waals surface area contributed by atoms with E-state index < -0.39 is 0 Å². The van der Waals surface area contributed by atoms with E-state index in [-0.39, 0.29) is 3.79 Å². The molecule has 0 unspecified atom stereocenters. The summed E-state index contributed by atoms with van der Waals surface area (Å²) in [5.74, 6) is 0.881. The lowest BCUT2D eigenvalue weighted by Crippen LogP contribution is -2.12. The lowest BCUT2D eigenvalue weighted by atomic mass is 9.83. The molecule has 1 aromatic carbocycles. The normalized spacial score (nSPS) is 17.4. The summed E-state index contributed by atoms with van der Waals surface area (Å²) in [6.45, 7) is 0. The molecule has 3 heteroatoms. The first kappa shape index (κ1) is 11.8. The molecule has 0 spiro atoms. The van der Waals surface area contributed by atoms with Crippen LogP contribution in [0.2, 0.25) is 0 Å². The Balaban J connectivity index is 2.10. The maximum absolute atomic E-state index is 11.1. The van der Waals surface area contributed by atoms with Crippen molar-refractivity contribution in [2.75, 3.05) is 0 Å². The Labute approximate surface area is 109 Å². The first-order chi connectivity index (χ1) is 7.66. The van der Waals surface area contributed by atoms with E-state index in [1.807, 2.05) is 24.3 Å². The molecule has 0 amide bonds. The van der Waals surface area contributed by atoms with Gasteiger partial charge in [0.25, 0.3) is 0 Å². The predicted molar refractivity (Wildman–Crippen MR) is 71.0 cm³/mol. The highest BCUT2D eigenvalue weighted by molar-refractivity contribution is 14.1. The SMILES string of the molecule is O=C1CCC(c2ccc(C(=O)I)cc2)CC1. The van der Waals surface area contributed by atoms with Gasteiger partial charge in [0.2, 0.25) is 3.79 Å². The van der Waals surface area contributed by atoms with E-state index in [1.165, 1.54) is 5.56 Å². The minimum atomic E-state index is 0.0722. The van der Waals surface area contributed by atoms with Gasteiger partial charge >= 0.3 is 0 Å². The zero-order valence-corrected chi connectivity index (χ0v) is 11.1. The molecule has 1 fully saturated rings. The van der Waals surface area contributed by atoms with Gasteiger partial charge < -0.3 is 0 Å². The highest BCUT2D eigenvalue weighted by Crippen LogP contribution is 2.31. The molecule has 1 aliphatic carbocycles. The number of carbonyl (C=O) groups is 2. The second kappa shape index (κ2) is 5.08. The van der Waals surface area contributed by atoms with Crippen LogP contribution in [0.3, 0.4) is 0 Å². The molecule has 2 rings (SSSR count). The standard InChI is InChI=1S/C13H13IO2/c14-13(16)11-3-1-9(2-4-11)10-5-7-12(15)8-6-10/h1-4,10H,5-8H2. The molecule has 1 saturated carbocycles. The molecule has 0 N–H and O–H groups in total. The zero-order chi connectivity index (χ0) is 11.5. The largest absolute Gasteiger partial charge is 0.300 e. The van der Waals surface area contributed by atoms with E-state index in [0.717, 1.165) is 18.4 Å². The van der Waals surface area contributed by atoms with Crippen molar-refractivity contribution in [3.8, 4) is 0 Å². The van der Waals surface area contributed by atoms with Crippen LogP contribution in [0, 0.1) is 0 Å². The third-order valence-corrected chi connectivity index (χ3v) is 3.78. The fraction of sp³-hybridized carbons (Fsp3) is 0.385. The summed E-state index contributed by atoms with van der Waals surface area (Å²) in [4.78, 5) is 22.3. The summed E-state index contributed by atoms with van der Waals surface area (Å²) in [7, 11) is 0. The van der Waals surface area contributed by atoms with Crippen molar-refractivity contribution in [2.24, 2.45) is 0 Å². The van der Waals surface area contributed by atoms with Crippen LogP contribution in [-0.2, 0) is 4.79 Å². The average molecular weight is 328 g/mol. The lowest BCUT2D eigenvalue weighted by molar-refractivity contribution is -0.120. The Morgan fingerprint density at radius 3 is 2.19 bits per heavy atom. The molecule has 1 aromatic rings. The summed E-state index contributed by atoms with van der Waals surface area (Å²) < 4.78 is 0.0722. The second-order valence-corrected chi connectivity index (χ2v) is 5.19. The number of halogens is 1. The molecule has 0 aliphatic heterocycles. The topological polar surface area (TPSA) is 34.1 Å². The first-order valence-electron chi connectivity index (χ1n) is 5.48. The highest BCUT2D eigenvalue weighted by Gasteiger charge is 2.20. The quantitative estimate of drug-likeness (QED) is 0.615. The van der Waals surface area contributed by atoms with Crippen LogP contribution in [0.15, 0.2) is 24.3 Å². The molecule has 0 bridgehead atoms. The molecule has 16 heavy (non-hydrogen) atoms. The summed E-state index contributed by atoms with van der Waals surface area (Å²) in [5, 5.41) is 0. The van der Waals surface area contributed by atoms with Gasteiger partial charge in [0, 0.05) is 41.0 Å². The number of rotatable bonds is 2. The molecule has 0 radical (unpaired) electrons. The molecule has 84 valence electrons. The summed E-state index contributed by atoms with van der Waals surface area (Å²) in [6, 6.07) is 7.79. The van der Waals surface area contributed by atoms with Crippen LogP contribution in [0.5, 0.6) is 0 Å². The van der Waals surface area contributed by atoms with E-state index in [9.17, 15) is 9.59 Å². The predicted octanol–water partition coefficient (Wildman–Crippen LogP) is 3.49. The number of hydrogen-bond acceptors (Lipinski definition) is 2. The zero-order valence-electron chi connectivity index (χ0n) is 8.91. The Bertz CT molecular complexity index is 398. The van der Waals surface area contributed by atoms with Crippen molar-refractivity contribution in [1.82, 2.24) is 0 Å². The van der Waals surface area contributed by atoms with E-state index in [1.54, 1.807) is 22.6 Å². The van der Waals surface area contributed by atoms with Gasteiger partial charge in [-0.05, 0) is 24.3 Å². The maximum Gasteiger partial charge on any atom is 0.222 e. The Hall–Kier alpha value is -0.710. The van der Waals surface area contributed by atoms with Gasteiger partial charge in [0.05, 0.1) is 0 Å². The van der Waals surface area contributed by atoms with Crippen molar-refractivity contribution in [3.05, 3.63) is 35.4 Å². The molecule has 0 heterocycles. The minimum absolute atomic E-state index is 0.0722. The van der Waals surface area contributed by atoms with Gasteiger partial charge in [0.15, 0.2) is 0 Å². The van der Waals surface area contributed by atoms with Gasteiger partial charge in [-0.25, -0.2) is 0 Å². The summed E-state index contributed by atoms with van der Waals surface area (Å²) in [6.07, 6.45) is 3.32. The van der Waals surface area contributed by atoms with E-state index in [4.69, 9.17) is 0 Å². The number of hydrogen-bond donors (Lipinski definition) is 0. The van der Waals surface area contributed by atoms with Gasteiger partial charge in [-0.1, -0.05) is 24.3 Å². The molecule has 0 aromatic heterocycles. The van der Waals surface area contributed by atoms with Crippen molar-refractivity contribution in [2.45, 2.75) is 31.6 Å². The minimum Gasteiger partial charge on any atom is -0.300 e. The van der Waals surface area contributed by atoms with Crippen molar-refractivity contribution in [1.29, 1.82) is 0 Å². The number of ketones is 1. The van der Waals surface area contributed by atoms with Crippen LogP contribution in [0.4, 0.5) is 0 Å². The smallest absolute Gasteiger partial charge is 0.222 e. The molecule has 0 atom stereocenters. The molecule has 1 aliphatic rings. The third kappa shape index (κ3) is 2.70. The van der Waals surface area contributed by atoms with Crippen LogP contribution < -0.4 is 0 Å². The van der Waals surface area contributed by atoms with Gasteiger partial charge in [-0.3, -0.25) is 9.59 Å². The molecular formula is C13H13IO2. The van der Waals surface area contributed by atoms with E-state index in [0.29, 0.717) is 24.5 Å². The number of benzene rings is 1. The molecule has 2 nitrogen and oxygen atoms in total. The van der Waals surface area contributed by atoms with Gasteiger partial charge in [-0.2, -0.15) is 0 Å². The van der Waals surface area contributed by atoms with Gasteiger partial charge in [-0.15, -0.1) is 0 Å². The first-order valence-corrected chi connectivity index (χ1v) is 6.56. The van der Waals surface area contributed by atoms with Crippen molar-refractivity contribution < 1.29 is 9.59 Å². The third-order valence-electron chi connectivity index (χ3n) is 3.15. The Kier molecular flexibility index (Phi) is 3.74. The monoisotopic (exact) mass is 328 g/mol. The van der Waals surface area contributed by atoms with Gasteiger partial charge in [0.1, 0.15) is 5.78 Å². The Morgan fingerprint density at radius 2 is 1.69 bits per heavy atom. The number of Topliss-reactive ketones (excluding diaryl/α,β-unsaturated/α-hetero) is 1. The highest BCUT2D eigenvalue weighted by atomic mass is 127. The number of carbonyl (C=O) groups excluding carboxylic acids is 2. The lowest BCUT2D eigenvalue weighted by Gasteiger charge is -2.21. The van der Waals surface area contributed by atoms with Crippen molar-refractivity contribution >= 4 is 32.2 Å². The fourth-order valence-corrected chi connectivity index (χ4v) is 2.52. The maximum atomic E-state index is 11.1. The summed E-state index contributed by atoms with van der Waals surface area (Å²) in [5.41, 5.74) is 2.00. The van der Waals surface area contributed by atoms with Crippen molar-refractivity contribution in [3.63, 3.8) is 0 Å². The van der Waals surface area contributed by atoms with Crippen LogP contribution in [-0.4, -0.2) is 9.57 Å². The van der Waals surface area contributed by atoms with Crippen LogP contribution >= 0.6 is 22.6 Å². The van der Waals surface area contributed by atoms with Crippen LogP contribution in [0.25, 0.3) is 0 Å². The van der Waals surface area contributed by atoms with E-state index >= 15 is 0 Å². The van der Waals surface area contributed by atoms with Crippen LogP contribution in [0.1, 0.15) is 47.5 Å².